The van der Waals surface area contributed by atoms with Crippen LogP contribution in [-0.4, -0.2) is 36.2 Å². The first-order valence-corrected chi connectivity index (χ1v) is 5.77. The third kappa shape index (κ3) is 6.77. The highest BCUT2D eigenvalue weighted by Gasteiger charge is 2.17. The maximum absolute atomic E-state index is 10.9. The molecule has 0 spiro atoms. The number of carboxylic acid groups (broad SMARTS) is 1. The number of carboxylic acids is 1. The van der Waals surface area contributed by atoms with Crippen LogP contribution in [0.4, 0.5) is 0 Å². The molecule has 0 aliphatic carbocycles. The summed E-state index contributed by atoms with van der Waals surface area (Å²) >= 11 is 1.65. The number of thioether (sulfide) groups is 1. The number of ether oxygens (including phenoxy) is 1. The van der Waals surface area contributed by atoms with Crippen LogP contribution >= 0.6 is 11.8 Å². The van der Waals surface area contributed by atoms with Gasteiger partial charge in [0.05, 0.1) is 7.11 Å². The second kappa shape index (κ2) is 7.67. The fraction of sp³-hybridized carbons (Fsp3) is 0.778. The van der Waals surface area contributed by atoms with E-state index in [4.69, 9.17) is 5.11 Å². The van der Waals surface area contributed by atoms with E-state index >= 15 is 0 Å². The molecular weight excluding hydrogens is 204 g/mol. The zero-order chi connectivity index (χ0) is 11.0. The molecule has 0 rings (SSSR count). The van der Waals surface area contributed by atoms with E-state index in [0.29, 0.717) is 0 Å². The van der Waals surface area contributed by atoms with Gasteiger partial charge in [-0.2, -0.15) is 11.8 Å². The second-order valence-corrected chi connectivity index (χ2v) is 4.01. The Balaban J connectivity index is 3.96. The molecule has 14 heavy (non-hydrogen) atoms. The molecule has 1 atom stereocenters. The van der Waals surface area contributed by atoms with Gasteiger partial charge >= 0.3 is 11.9 Å². The Kier molecular flexibility index (Phi) is 7.28. The van der Waals surface area contributed by atoms with E-state index in [0.717, 1.165) is 12.2 Å². The number of hydrogen-bond acceptors (Lipinski definition) is 4. The fourth-order valence-electron chi connectivity index (χ4n) is 1.13. The van der Waals surface area contributed by atoms with Crippen LogP contribution in [0, 0.1) is 5.92 Å². The van der Waals surface area contributed by atoms with Gasteiger partial charge in [-0.15, -0.1) is 0 Å². The molecule has 4 nitrogen and oxygen atoms in total. The molecule has 0 aliphatic rings. The maximum Gasteiger partial charge on any atom is 0.305 e. The first-order valence-electron chi connectivity index (χ1n) is 4.37. The summed E-state index contributed by atoms with van der Waals surface area (Å²) in [6, 6.07) is 0. The molecule has 0 aromatic heterocycles. The lowest BCUT2D eigenvalue weighted by molar-refractivity contribution is -0.143. The summed E-state index contributed by atoms with van der Waals surface area (Å²) in [6.45, 7) is 0. The van der Waals surface area contributed by atoms with Crippen molar-refractivity contribution >= 4 is 23.7 Å². The van der Waals surface area contributed by atoms with E-state index in [1.165, 1.54) is 7.11 Å². The van der Waals surface area contributed by atoms with Crippen molar-refractivity contribution in [1.29, 1.82) is 0 Å². The summed E-state index contributed by atoms with van der Waals surface area (Å²) in [5.41, 5.74) is 0. The van der Waals surface area contributed by atoms with Crippen molar-refractivity contribution in [3.8, 4) is 0 Å². The minimum Gasteiger partial charge on any atom is -0.481 e. The van der Waals surface area contributed by atoms with Crippen molar-refractivity contribution in [3.05, 3.63) is 0 Å². The van der Waals surface area contributed by atoms with Gasteiger partial charge in [-0.05, 0) is 24.3 Å². The molecule has 5 heteroatoms. The number of carbonyl (C=O) groups is 2. The largest absolute Gasteiger partial charge is 0.481 e. The average Bonchev–Trinajstić information content (AvgIpc) is 2.13. The normalized spacial score (nSPS) is 12.1. The molecule has 1 N–H and O–H groups in total. The highest BCUT2D eigenvalue weighted by molar-refractivity contribution is 7.98. The van der Waals surface area contributed by atoms with Crippen molar-refractivity contribution in [2.75, 3.05) is 19.1 Å². The summed E-state index contributed by atoms with van der Waals surface area (Å²) in [5.74, 6) is -0.431. The van der Waals surface area contributed by atoms with Crippen molar-refractivity contribution < 1.29 is 19.4 Å². The lowest BCUT2D eigenvalue weighted by Gasteiger charge is -2.12. The number of aliphatic carboxylic acids is 1. The molecule has 0 bridgehead atoms. The molecule has 0 aromatic carbocycles. The van der Waals surface area contributed by atoms with Crippen LogP contribution < -0.4 is 0 Å². The monoisotopic (exact) mass is 220 g/mol. The van der Waals surface area contributed by atoms with Gasteiger partial charge in [0, 0.05) is 12.8 Å². The summed E-state index contributed by atoms with van der Waals surface area (Å²) < 4.78 is 4.50. The van der Waals surface area contributed by atoms with E-state index in [2.05, 4.69) is 4.74 Å². The summed E-state index contributed by atoms with van der Waals surface area (Å²) in [5, 5.41) is 8.61. The summed E-state index contributed by atoms with van der Waals surface area (Å²) in [6.07, 6.45) is 2.93. The zero-order valence-electron chi connectivity index (χ0n) is 8.49. The third-order valence-electron chi connectivity index (χ3n) is 1.88. The van der Waals surface area contributed by atoms with E-state index in [9.17, 15) is 9.59 Å². The van der Waals surface area contributed by atoms with Gasteiger partial charge in [-0.1, -0.05) is 0 Å². The van der Waals surface area contributed by atoms with Crippen molar-refractivity contribution in [1.82, 2.24) is 0 Å². The first kappa shape index (κ1) is 13.3. The average molecular weight is 220 g/mol. The SMILES string of the molecule is COC(=O)CC(CCSC)CC(=O)O. The fourth-order valence-corrected chi connectivity index (χ4v) is 1.70. The smallest absolute Gasteiger partial charge is 0.305 e. The quantitative estimate of drug-likeness (QED) is 0.657. The van der Waals surface area contributed by atoms with Gasteiger partial charge in [0.15, 0.2) is 0 Å². The Labute approximate surface area is 88.0 Å². The molecule has 0 fully saturated rings. The van der Waals surface area contributed by atoms with E-state index < -0.39 is 5.97 Å². The molecule has 1 unspecified atom stereocenters. The van der Waals surface area contributed by atoms with Crippen molar-refractivity contribution in [2.24, 2.45) is 5.92 Å². The zero-order valence-corrected chi connectivity index (χ0v) is 9.30. The number of carbonyl (C=O) groups excluding carboxylic acids is 1. The molecule has 82 valence electrons. The number of methoxy groups -OCH3 is 1. The molecular formula is C9H16O4S. The lowest BCUT2D eigenvalue weighted by atomic mass is 9.99. The van der Waals surface area contributed by atoms with E-state index in [1.807, 2.05) is 6.26 Å². The predicted molar refractivity (Wildman–Crippen MR) is 55.4 cm³/mol. The van der Waals surface area contributed by atoms with Gasteiger partial charge in [0.1, 0.15) is 0 Å². The van der Waals surface area contributed by atoms with Crippen LogP contribution in [0.5, 0.6) is 0 Å². The number of hydrogen-bond donors (Lipinski definition) is 1. The van der Waals surface area contributed by atoms with E-state index in [-0.39, 0.29) is 24.7 Å². The molecule has 0 radical (unpaired) electrons. The van der Waals surface area contributed by atoms with E-state index in [1.54, 1.807) is 11.8 Å². The Morgan fingerprint density at radius 1 is 1.43 bits per heavy atom. The van der Waals surface area contributed by atoms with Gasteiger partial charge in [0.2, 0.25) is 0 Å². The molecule has 0 aliphatic heterocycles. The topological polar surface area (TPSA) is 63.6 Å². The molecule has 0 heterocycles. The van der Waals surface area contributed by atoms with Crippen LogP contribution in [0.3, 0.4) is 0 Å². The Bertz CT molecular complexity index is 193. The van der Waals surface area contributed by atoms with Crippen LogP contribution in [-0.2, 0) is 14.3 Å². The highest BCUT2D eigenvalue weighted by Crippen LogP contribution is 2.16. The second-order valence-electron chi connectivity index (χ2n) is 3.03. The molecule has 0 aromatic rings. The highest BCUT2D eigenvalue weighted by atomic mass is 32.2. The minimum absolute atomic E-state index is 0.0374. The maximum atomic E-state index is 10.9. The van der Waals surface area contributed by atoms with Crippen LogP contribution in [0.1, 0.15) is 19.3 Å². The predicted octanol–water partition coefficient (Wildman–Crippen LogP) is 1.39. The summed E-state index contributed by atoms with van der Waals surface area (Å²) in [4.78, 5) is 21.4. The Morgan fingerprint density at radius 3 is 2.50 bits per heavy atom. The minimum atomic E-state index is -0.861. The summed E-state index contributed by atoms with van der Waals surface area (Å²) in [7, 11) is 1.31. The Hall–Kier alpha value is -0.710. The van der Waals surface area contributed by atoms with Gasteiger partial charge in [-0.25, -0.2) is 0 Å². The number of rotatable bonds is 7. The van der Waals surface area contributed by atoms with Crippen molar-refractivity contribution in [2.45, 2.75) is 19.3 Å². The third-order valence-corrected chi connectivity index (χ3v) is 2.52. The Morgan fingerprint density at radius 2 is 2.07 bits per heavy atom. The van der Waals surface area contributed by atoms with Gasteiger partial charge in [-0.3, -0.25) is 9.59 Å². The van der Waals surface area contributed by atoms with Crippen LogP contribution in [0.25, 0.3) is 0 Å². The van der Waals surface area contributed by atoms with Gasteiger partial charge < -0.3 is 9.84 Å². The standard InChI is InChI=1S/C9H16O4S/c1-13-9(12)6-7(3-4-14-2)5-8(10)11/h7H,3-6H2,1-2H3,(H,10,11). The molecule has 0 saturated carbocycles. The van der Waals surface area contributed by atoms with Crippen LogP contribution in [0.15, 0.2) is 0 Å². The molecule has 0 saturated heterocycles. The van der Waals surface area contributed by atoms with Crippen LogP contribution in [0.2, 0.25) is 0 Å². The van der Waals surface area contributed by atoms with Crippen molar-refractivity contribution in [3.63, 3.8) is 0 Å². The number of esters is 1. The first-order chi connectivity index (χ1) is 6.60. The lowest BCUT2D eigenvalue weighted by Crippen LogP contribution is -2.14. The molecule has 0 amide bonds. The van der Waals surface area contributed by atoms with Gasteiger partial charge in [0.25, 0.3) is 0 Å².